The normalized spacial score (nSPS) is 22.8. The molecule has 7 heteroatoms. The highest BCUT2D eigenvalue weighted by Gasteiger charge is 2.49. The van der Waals surface area contributed by atoms with E-state index < -0.39 is 18.1 Å². The molecule has 2 fully saturated rings. The van der Waals surface area contributed by atoms with Crippen molar-refractivity contribution in [3.05, 3.63) is 70.9 Å². The molecule has 3 heterocycles. The Morgan fingerprint density at radius 3 is 2.38 bits per heavy atom. The van der Waals surface area contributed by atoms with Gasteiger partial charge in [0.25, 0.3) is 0 Å². The molecule has 192 valence electrons. The number of piperazine rings is 1. The highest BCUT2D eigenvalue weighted by Crippen LogP contribution is 2.43. The van der Waals surface area contributed by atoms with Crippen LogP contribution in [0, 0.1) is 0 Å². The van der Waals surface area contributed by atoms with Crippen molar-refractivity contribution in [3.63, 3.8) is 0 Å². The Labute approximate surface area is 216 Å². The fraction of sp³-hybridized carbons (Fsp3) is 0.433. The van der Waals surface area contributed by atoms with E-state index in [4.69, 9.17) is 4.74 Å². The fourth-order valence-electron chi connectivity index (χ4n) is 6.61. The number of carbonyl (C=O) groups is 3. The van der Waals surface area contributed by atoms with Crippen LogP contribution in [0.15, 0.2) is 48.5 Å². The van der Waals surface area contributed by atoms with Gasteiger partial charge in [0.15, 0.2) is 0 Å². The summed E-state index contributed by atoms with van der Waals surface area (Å²) in [6.07, 6.45) is 8.33. The lowest BCUT2D eigenvalue weighted by Gasteiger charge is -2.49. The number of aromatic amines is 1. The summed E-state index contributed by atoms with van der Waals surface area (Å²) in [6, 6.07) is 14.5. The zero-order chi connectivity index (χ0) is 25.5. The number of carbonyl (C=O) groups excluding carboxylic acids is 3. The molecule has 6 rings (SSSR count). The quantitative estimate of drug-likeness (QED) is 0.527. The molecule has 7 nitrogen and oxygen atoms in total. The molecule has 1 saturated carbocycles. The number of amides is 2. The summed E-state index contributed by atoms with van der Waals surface area (Å²) in [5, 5.41) is 1.09. The summed E-state index contributed by atoms with van der Waals surface area (Å²) in [5.41, 5.74) is 4.36. The molecule has 3 aromatic rings. The van der Waals surface area contributed by atoms with E-state index in [0.717, 1.165) is 53.4 Å². The van der Waals surface area contributed by atoms with Crippen LogP contribution in [0.5, 0.6) is 0 Å². The van der Waals surface area contributed by atoms with Gasteiger partial charge in [-0.15, -0.1) is 0 Å². The van der Waals surface area contributed by atoms with Gasteiger partial charge in [-0.05, 0) is 42.2 Å². The number of nitrogens with one attached hydrogen (secondary N) is 1. The van der Waals surface area contributed by atoms with Gasteiger partial charge in [-0.1, -0.05) is 62.4 Å². The summed E-state index contributed by atoms with van der Waals surface area (Å²) in [4.78, 5) is 47.2. The predicted molar refractivity (Wildman–Crippen MR) is 140 cm³/mol. The smallest absolute Gasteiger partial charge is 0.337 e. The van der Waals surface area contributed by atoms with E-state index in [9.17, 15) is 14.4 Å². The van der Waals surface area contributed by atoms with Crippen LogP contribution in [0.25, 0.3) is 10.9 Å². The first kappa shape index (κ1) is 23.8. The van der Waals surface area contributed by atoms with Gasteiger partial charge in [0.05, 0.1) is 18.7 Å². The molecule has 37 heavy (non-hydrogen) atoms. The Hall–Kier alpha value is -3.61. The third-order valence-corrected chi connectivity index (χ3v) is 8.46. The fourth-order valence-corrected chi connectivity index (χ4v) is 6.61. The molecule has 1 saturated heterocycles. The minimum Gasteiger partial charge on any atom is -0.465 e. The van der Waals surface area contributed by atoms with Crippen LogP contribution in [-0.2, 0) is 20.7 Å². The molecule has 1 unspecified atom stereocenters. The highest BCUT2D eigenvalue weighted by atomic mass is 16.5. The molecule has 2 amide bonds. The van der Waals surface area contributed by atoms with Crippen LogP contribution in [0.3, 0.4) is 0 Å². The van der Waals surface area contributed by atoms with Gasteiger partial charge in [0.2, 0.25) is 11.8 Å². The number of aromatic nitrogens is 1. The van der Waals surface area contributed by atoms with Gasteiger partial charge in [0.1, 0.15) is 12.6 Å². The average Bonchev–Trinajstić information content (AvgIpc) is 3.28. The van der Waals surface area contributed by atoms with Crippen molar-refractivity contribution >= 4 is 28.7 Å². The zero-order valence-electron chi connectivity index (χ0n) is 21.2. The minimum atomic E-state index is -0.538. The number of benzene rings is 2. The standard InChI is InChI=1S/C30H33N3O4/c1-37-30(36)20-15-13-19(14-16-20)28-27-23(22-11-7-8-12-24(22)31-27)17-25-29(35)32(18-26(34)33(25)28)21-9-5-3-2-4-6-10-21/h7-8,11-16,21,25,28,31H,2-6,9-10,17-18H2,1H3/t25-,28?/m0/s1. The molecule has 2 aliphatic heterocycles. The van der Waals surface area contributed by atoms with E-state index >= 15 is 0 Å². The summed E-state index contributed by atoms with van der Waals surface area (Å²) < 4.78 is 4.86. The number of nitrogens with zero attached hydrogens (tertiary/aromatic N) is 2. The number of ether oxygens (including phenoxy) is 1. The number of H-pyrrole nitrogens is 1. The van der Waals surface area contributed by atoms with Crippen LogP contribution in [0.1, 0.15) is 78.2 Å². The molecule has 0 radical (unpaired) electrons. The van der Waals surface area contributed by atoms with Gasteiger partial charge >= 0.3 is 5.97 Å². The van der Waals surface area contributed by atoms with E-state index in [-0.39, 0.29) is 24.4 Å². The van der Waals surface area contributed by atoms with Crippen LogP contribution >= 0.6 is 0 Å². The summed E-state index contributed by atoms with van der Waals surface area (Å²) in [6.45, 7) is 0.131. The third kappa shape index (κ3) is 4.10. The second kappa shape index (κ2) is 9.69. The molecule has 1 aliphatic carbocycles. The number of hydrogen-bond acceptors (Lipinski definition) is 4. The van der Waals surface area contributed by atoms with Crippen molar-refractivity contribution in [2.45, 2.75) is 69.5 Å². The van der Waals surface area contributed by atoms with Crippen molar-refractivity contribution in [1.82, 2.24) is 14.8 Å². The molecule has 1 N–H and O–H groups in total. The lowest BCUT2D eigenvalue weighted by molar-refractivity contribution is -0.161. The summed E-state index contributed by atoms with van der Waals surface area (Å²) in [5.74, 6) is -0.353. The first-order valence-electron chi connectivity index (χ1n) is 13.5. The zero-order valence-corrected chi connectivity index (χ0v) is 21.2. The van der Waals surface area contributed by atoms with Crippen molar-refractivity contribution in [2.75, 3.05) is 13.7 Å². The lowest BCUT2D eigenvalue weighted by atomic mass is 9.85. The van der Waals surface area contributed by atoms with E-state index in [1.165, 1.54) is 26.4 Å². The Kier molecular flexibility index (Phi) is 6.22. The number of methoxy groups -OCH3 is 1. The number of rotatable bonds is 3. The highest BCUT2D eigenvalue weighted by molar-refractivity contribution is 5.98. The maximum absolute atomic E-state index is 14.1. The van der Waals surface area contributed by atoms with Gasteiger partial charge in [0, 0.05) is 29.1 Å². The maximum atomic E-state index is 14.1. The number of esters is 1. The number of hydrogen-bond donors (Lipinski definition) is 1. The van der Waals surface area contributed by atoms with Crippen LogP contribution in [0.4, 0.5) is 0 Å². The van der Waals surface area contributed by atoms with Gasteiger partial charge in [-0.25, -0.2) is 4.79 Å². The first-order chi connectivity index (χ1) is 18.1. The monoisotopic (exact) mass is 499 g/mol. The Morgan fingerprint density at radius 1 is 0.946 bits per heavy atom. The molecule has 3 aliphatic rings. The van der Waals surface area contributed by atoms with Crippen molar-refractivity contribution < 1.29 is 19.1 Å². The molecule has 2 aromatic carbocycles. The van der Waals surface area contributed by atoms with Gasteiger partial charge in [-0.3, -0.25) is 9.59 Å². The molecule has 0 bridgehead atoms. The number of fused-ring (bicyclic) bond motifs is 4. The van der Waals surface area contributed by atoms with Crippen LogP contribution in [0.2, 0.25) is 0 Å². The van der Waals surface area contributed by atoms with Crippen molar-refractivity contribution in [1.29, 1.82) is 0 Å². The van der Waals surface area contributed by atoms with E-state index in [0.29, 0.717) is 12.0 Å². The van der Waals surface area contributed by atoms with Crippen molar-refractivity contribution in [2.24, 2.45) is 0 Å². The van der Waals surface area contributed by atoms with E-state index in [1.807, 2.05) is 35.2 Å². The van der Waals surface area contributed by atoms with E-state index in [1.54, 1.807) is 17.0 Å². The minimum absolute atomic E-state index is 0.0157. The van der Waals surface area contributed by atoms with Crippen molar-refractivity contribution in [3.8, 4) is 0 Å². The SMILES string of the molecule is COC(=O)c1ccc(C2c3[nH]c4ccccc4c3C[C@H]3C(=O)N(C4CCCCCCC4)CC(=O)N23)cc1. The predicted octanol–water partition coefficient (Wildman–Crippen LogP) is 4.75. The summed E-state index contributed by atoms with van der Waals surface area (Å²) >= 11 is 0. The molecular weight excluding hydrogens is 466 g/mol. The third-order valence-electron chi connectivity index (χ3n) is 8.46. The second-order valence-corrected chi connectivity index (χ2v) is 10.6. The average molecular weight is 500 g/mol. The number of para-hydroxylation sites is 1. The van der Waals surface area contributed by atoms with E-state index in [2.05, 4.69) is 11.1 Å². The molecular formula is C30H33N3O4. The molecule has 1 aromatic heterocycles. The Balaban J connectivity index is 1.42. The molecule has 2 atom stereocenters. The van der Waals surface area contributed by atoms with Gasteiger partial charge in [-0.2, -0.15) is 0 Å². The first-order valence-corrected chi connectivity index (χ1v) is 13.5. The van der Waals surface area contributed by atoms with Crippen LogP contribution < -0.4 is 0 Å². The maximum Gasteiger partial charge on any atom is 0.337 e. The summed E-state index contributed by atoms with van der Waals surface area (Å²) in [7, 11) is 1.36. The second-order valence-electron chi connectivity index (χ2n) is 10.6. The Bertz CT molecular complexity index is 1340. The van der Waals surface area contributed by atoms with Crippen LogP contribution in [-0.4, -0.2) is 58.3 Å². The Morgan fingerprint density at radius 2 is 1.65 bits per heavy atom. The molecule has 0 spiro atoms. The largest absolute Gasteiger partial charge is 0.465 e. The topological polar surface area (TPSA) is 82.7 Å². The van der Waals surface area contributed by atoms with Gasteiger partial charge < -0.3 is 19.5 Å². The lowest BCUT2D eigenvalue weighted by Crippen LogP contribution is -2.64.